The number of aromatic nitrogens is 2. The number of rotatable bonds is 6. The van der Waals surface area contributed by atoms with Crippen LogP contribution in [0, 0.1) is 5.92 Å². The predicted octanol–water partition coefficient (Wildman–Crippen LogP) is 1.65. The molecule has 2 aliphatic rings. The third-order valence-corrected chi connectivity index (χ3v) is 6.67. The average molecular weight is 409 g/mol. The minimum absolute atomic E-state index is 0.00297. The Hall–Kier alpha value is -1.73. The second kappa shape index (κ2) is 9.39. The van der Waals surface area contributed by atoms with Gasteiger partial charge in [0, 0.05) is 30.6 Å². The minimum Gasteiger partial charge on any atom is -0.332 e. The van der Waals surface area contributed by atoms with Gasteiger partial charge in [0.15, 0.2) is 0 Å². The van der Waals surface area contributed by atoms with Gasteiger partial charge in [-0.3, -0.25) is 4.79 Å². The molecule has 0 unspecified atom stereocenters. The standard InChI is InChI=1S/C22H30BN4OS/c24-18(15-29)22(28)27-12-11-26-14-20(23-17-9-5-2-6-10-17)25-21(26)19(27)13-16-7-3-1-4-8-16/h2,5-6,9-10,14,16,18-19,29H,1,3-4,7-8,11-13,15,24H2/t18-,19+/m1/s1. The Balaban J connectivity index is 1.60. The Morgan fingerprint density at radius 3 is 2.69 bits per heavy atom. The minimum atomic E-state index is -0.552. The van der Waals surface area contributed by atoms with Gasteiger partial charge in [-0.25, -0.2) is 4.98 Å². The smallest absolute Gasteiger partial charge is 0.241 e. The number of nitrogens with zero attached hydrogens (tertiary/aromatic N) is 3. The van der Waals surface area contributed by atoms with Crippen LogP contribution in [0.25, 0.3) is 0 Å². The summed E-state index contributed by atoms with van der Waals surface area (Å²) in [7, 11) is 2.11. The molecule has 29 heavy (non-hydrogen) atoms. The lowest BCUT2D eigenvalue weighted by atomic mass is 9.67. The van der Waals surface area contributed by atoms with Crippen LogP contribution in [0.2, 0.25) is 0 Å². The monoisotopic (exact) mass is 409 g/mol. The molecule has 1 aliphatic heterocycles. The van der Waals surface area contributed by atoms with E-state index in [-0.39, 0.29) is 11.9 Å². The maximum Gasteiger partial charge on any atom is 0.241 e. The van der Waals surface area contributed by atoms with E-state index in [9.17, 15) is 4.79 Å². The average Bonchev–Trinajstić information content (AvgIpc) is 3.17. The number of fused-ring (bicyclic) bond motifs is 1. The molecule has 1 aromatic carbocycles. The number of imidazole rings is 1. The third-order valence-electron chi connectivity index (χ3n) is 6.27. The molecule has 0 saturated heterocycles. The Morgan fingerprint density at radius 1 is 1.21 bits per heavy atom. The van der Waals surface area contributed by atoms with Crippen molar-refractivity contribution in [3.63, 3.8) is 0 Å². The van der Waals surface area contributed by atoms with E-state index in [4.69, 9.17) is 10.7 Å². The van der Waals surface area contributed by atoms with E-state index >= 15 is 0 Å². The van der Waals surface area contributed by atoms with Crippen LogP contribution in [0.4, 0.5) is 0 Å². The van der Waals surface area contributed by atoms with Crippen molar-refractivity contribution in [1.82, 2.24) is 14.5 Å². The molecular weight excluding hydrogens is 379 g/mol. The number of thiol groups is 1. The van der Waals surface area contributed by atoms with Gasteiger partial charge in [-0.1, -0.05) is 67.9 Å². The van der Waals surface area contributed by atoms with Gasteiger partial charge in [-0.15, -0.1) is 0 Å². The van der Waals surface area contributed by atoms with Crippen LogP contribution in [-0.2, 0) is 11.3 Å². The fourth-order valence-corrected chi connectivity index (χ4v) is 4.88. The largest absolute Gasteiger partial charge is 0.332 e. The molecule has 1 aromatic heterocycles. The summed E-state index contributed by atoms with van der Waals surface area (Å²) in [4.78, 5) is 19.9. The molecule has 1 aliphatic carbocycles. The first kappa shape index (κ1) is 20.5. The third kappa shape index (κ3) is 4.72. The summed E-state index contributed by atoms with van der Waals surface area (Å²) < 4.78 is 2.23. The highest BCUT2D eigenvalue weighted by Crippen LogP contribution is 2.36. The molecule has 1 amide bonds. The van der Waals surface area contributed by atoms with Crippen molar-refractivity contribution in [1.29, 1.82) is 0 Å². The molecule has 153 valence electrons. The van der Waals surface area contributed by atoms with Gasteiger partial charge >= 0.3 is 0 Å². The van der Waals surface area contributed by atoms with E-state index in [1.807, 2.05) is 23.1 Å². The van der Waals surface area contributed by atoms with Crippen molar-refractivity contribution in [2.75, 3.05) is 12.3 Å². The van der Waals surface area contributed by atoms with Crippen molar-refractivity contribution in [3.8, 4) is 0 Å². The number of nitrogens with two attached hydrogens (primary N) is 1. The second-order valence-corrected chi connectivity index (χ2v) is 8.71. The summed E-state index contributed by atoms with van der Waals surface area (Å²) in [5.41, 5.74) is 8.16. The van der Waals surface area contributed by atoms with Crippen LogP contribution in [0.3, 0.4) is 0 Å². The van der Waals surface area contributed by atoms with E-state index in [1.165, 1.54) is 32.1 Å². The SMILES string of the molecule is N[C@H](CS)C(=O)N1CCn2cc([B]c3ccccc3)nc2[C@@H]1CC1CCCCC1. The lowest BCUT2D eigenvalue weighted by Crippen LogP contribution is -2.50. The molecule has 0 bridgehead atoms. The number of amides is 1. The second-order valence-electron chi connectivity index (χ2n) is 8.35. The van der Waals surface area contributed by atoms with E-state index < -0.39 is 6.04 Å². The van der Waals surface area contributed by atoms with Crippen LogP contribution in [-0.4, -0.2) is 46.0 Å². The highest BCUT2D eigenvalue weighted by atomic mass is 32.1. The highest BCUT2D eigenvalue weighted by Gasteiger charge is 2.36. The first-order chi connectivity index (χ1) is 14.2. The molecular formula is C22H30BN4OS. The van der Waals surface area contributed by atoms with Crippen molar-refractivity contribution in [2.24, 2.45) is 11.7 Å². The lowest BCUT2D eigenvalue weighted by Gasteiger charge is -2.39. The molecule has 7 heteroatoms. The van der Waals surface area contributed by atoms with Crippen LogP contribution in [0.1, 0.15) is 50.4 Å². The van der Waals surface area contributed by atoms with Gasteiger partial charge in [-0.2, -0.15) is 12.6 Å². The fraction of sp³-hybridized carbons (Fsp3) is 0.545. The molecule has 1 saturated carbocycles. The van der Waals surface area contributed by atoms with Crippen LogP contribution in [0.15, 0.2) is 36.5 Å². The van der Waals surface area contributed by atoms with Crippen molar-refractivity contribution < 1.29 is 4.79 Å². The van der Waals surface area contributed by atoms with E-state index in [0.29, 0.717) is 18.2 Å². The van der Waals surface area contributed by atoms with Gasteiger partial charge in [0.25, 0.3) is 0 Å². The molecule has 4 rings (SSSR count). The number of carbonyl (C=O) groups is 1. The van der Waals surface area contributed by atoms with Crippen LogP contribution >= 0.6 is 12.6 Å². The summed E-state index contributed by atoms with van der Waals surface area (Å²) in [5.74, 6) is 2.03. The predicted molar refractivity (Wildman–Crippen MR) is 121 cm³/mol. The Morgan fingerprint density at radius 2 is 1.97 bits per heavy atom. The fourth-order valence-electron chi connectivity index (χ4n) is 4.72. The molecule has 2 N–H and O–H groups in total. The van der Waals surface area contributed by atoms with Gasteiger partial charge < -0.3 is 15.2 Å². The molecule has 1 radical (unpaired) electrons. The lowest BCUT2D eigenvalue weighted by molar-refractivity contribution is -0.136. The molecule has 1 fully saturated rings. The van der Waals surface area contributed by atoms with Gasteiger partial charge in [-0.05, 0) is 12.3 Å². The first-order valence-corrected chi connectivity index (χ1v) is 11.4. The van der Waals surface area contributed by atoms with E-state index in [0.717, 1.165) is 29.8 Å². The number of hydrogen-bond donors (Lipinski definition) is 2. The van der Waals surface area contributed by atoms with Gasteiger partial charge in [0.05, 0.1) is 12.1 Å². The number of benzene rings is 1. The Kier molecular flexibility index (Phi) is 6.65. The normalized spacial score (nSPS) is 20.9. The first-order valence-electron chi connectivity index (χ1n) is 10.8. The maximum absolute atomic E-state index is 13.0. The number of hydrogen-bond acceptors (Lipinski definition) is 4. The van der Waals surface area contributed by atoms with Crippen LogP contribution in [0.5, 0.6) is 0 Å². The summed E-state index contributed by atoms with van der Waals surface area (Å²) in [6.07, 6.45) is 9.52. The summed E-state index contributed by atoms with van der Waals surface area (Å²) in [5, 5.41) is 0. The zero-order valence-electron chi connectivity index (χ0n) is 16.9. The quantitative estimate of drug-likeness (QED) is 0.563. The molecule has 5 nitrogen and oxygen atoms in total. The Bertz CT molecular complexity index is 821. The molecule has 0 spiro atoms. The zero-order valence-corrected chi connectivity index (χ0v) is 17.8. The summed E-state index contributed by atoms with van der Waals surface area (Å²) in [6.45, 7) is 1.45. The topological polar surface area (TPSA) is 64.2 Å². The van der Waals surface area contributed by atoms with Crippen molar-refractivity contribution in [3.05, 3.63) is 42.4 Å². The summed E-state index contributed by atoms with van der Waals surface area (Å²) >= 11 is 4.25. The van der Waals surface area contributed by atoms with Gasteiger partial charge in [0.2, 0.25) is 13.2 Å². The highest BCUT2D eigenvalue weighted by molar-refractivity contribution is 7.80. The maximum atomic E-state index is 13.0. The van der Waals surface area contributed by atoms with Crippen LogP contribution < -0.4 is 16.8 Å². The zero-order chi connectivity index (χ0) is 20.2. The number of carbonyl (C=O) groups excluding carboxylic acids is 1. The molecule has 2 atom stereocenters. The summed E-state index contributed by atoms with van der Waals surface area (Å²) in [6, 6.07) is 9.70. The molecule has 2 aromatic rings. The van der Waals surface area contributed by atoms with E-state index in [1.54, 1.807) is 0 Å². The molecule has 2 heterocycles. The van der Waals surface area contributed by atoms with Crippen molar-refractivity contribution in [2.45, 2.75) is 57.2 Å². The van der Waals surface area contributed by atoms with Gasteiger partial charge in [0.1, 0.15) is 5.82 Å². The van der Waals surface area contributed by atoms with Crippen molar-refractivity contribution >= 4 is 36.9 Å². The Labute approximate surface area is 179 Å². The van der Waals surface area contributed by atoms with E-state index in [2.05, 4.69) is 42.8 Å².